The zero-order valence-corrected chi connectivity index (χ0v) is 24.8. The van der Waals surface area contributed by atoms with E-state index in [1.165, 1.54) is 16.3 Å². The Bertz CT molecular complexity index is 2500. The van der Waals surface area contributed by atoms with E-state index in [9.17, 15) is 5.26 Å². The van der Waals surface area contributed by atoms with Crippen LogP contribution in [0.5, 0.6) is 0 Å². The molecule has 2 aromatic heterocycles. The molecule has 8 aromatic rings. The molecule has 2 heterocycles. The van der Waals surface area contributed by atoms with Crippen molar-refractivity contribution in [3.63, 3.8) is 0 Å². The monoisotopic (exact) mass is 564 g/mol. The van der Waals surface area contributed by atoms with Crippen LogP contribution in [0.2, 0.25) is 0 Å². The normalized spacial score (nSPS) is 11.9. The minimum Gasteiger partial charge on any atom is -0.319 e. The molecule has 0 bridgehead atoms. The molecule has 0 spiro atoms. The van der Waals surface area contributed by atoms with Gasteiger partial charge < -0.3 is 9.13 Å². The van der Waals surface area contributed by atoms with Crippen molar-refractivity contribution >= 4 is 60.1 Å². The third-order valence-electron chi connectivity index (χ3n) is 8.92. The van der Waals surface area contributed by atoms with E-state index in [1.54, 1.807) is 0 Å². The molecule has 44 heavy (non-hydrogen) atoms. The Hall–Kier alpha value is -5.84. The smallest absolute Gasteiger partial charge is 0.212 e. The van der Waals surface area contributed by atoms with E-state index < -0.39 is 0 Å². The van der Waals surface area contributed by atoms with Gasteiger partial charge in [-0.2, -0.15) is 5.26 Å². The first-order valence-corrected chi connectivity index (χ1v) is 14.8. The number of hydrogen-bond acceptors (Lipinski definition) is 1. The highest BCUT2D eigenvalue weighted by Crippen LogP contribution is 2.42. The van der Waals surface area contributed by atoms with Gasteiger partial charge in [-0.05, 0) is 64.2 Å². The van der Waals surface area contributed by atoms with Crippen LogP contribution >= 0.6 is 0 Å². The quantitative estimate of drug-likeness (QED) is 0.192. The van der Waals surface area contributed by atoms with Crippen LogP contribution in [-0.2, 0) is 5.41 Å². The zero-order valence-electron chi connectivity index (χ0n) is 24.8. The number of hydrogen-bond donors (Lipinski definition) is 0. The molecule has 4 heteroatoms. The van der Waals surface area contributed by atoms with E-state index in [4.69, 9.17) is 6.57 Å². The van der Waals surface area contributed by atoms with Crippen molar-refractivity contribution in [1.29, 1.82) is 5.26 Å². The van der Waals surface area contributed by atoms with E-state index >= 15 is 0 Å². The largest absolute Gasteiger partial charge is 0.319 e. The SMILES string of the molecule is [C-]#[N+]c1cc(-n2c3ccc(C(C)(C)C)cc3c3c4ccccc4ccc32)c(C#N)cc1-n1c2ccccc2c2ccccc21. The summed E-state index contributed by atoms with van der Waals surface area (Å²) in [5, 5.41) is 17.5. The molecule has 0 saturated heterocycles. The van der Waals surface area contributed by atoms with Crippen molar-refractivity contribution in [3.05, 3.63) is 138 Å². The predicted octanol–water partition coefficient (Wildman–Crippen LogP) is 10.8. The second-order valence-corrected chi connectivity index (χ2v) is 12.4. The molecular formula is C40H28N4. The first-order chi connectivity index (χ1) is 21.4. The van der Waals surface area contributed by atoms with Crippen LogP contribution in [-0.4, -0.2) is 9.13 Å². The molecule has 0 aliphatic carbocycles. The molecule has 0 aliphatic heterocycles. The maximum absolute atomic E-state index is 10.6. The number of benzene rings is 6. The summed E-state index contributed by atoms with van der Waals surface area (Å²) in [5.41, 5.74) is 7.70. The third kappa shape index (κ3) is 3.62. The van der Waals surface area contributed by atoms with Crippen molar-refractivity contribution in [2.75, 3.05) is 0 Å². The Labute approximate surface area is 255 Å². The Kier molecular flexibility index (Phi) is 5.48. The predicted molar refractivity (Wildman–Crippen MR) is 182 cm³/mol. The summed E-state index contributed by atoms with van der Waals surface area (Å²) in [4.78, 5) is 4.05. The van der Waals surface area contributed by atoms with Crippen molar-refractivity contribution in [2.24, 2.45) is 0 Å². The van der Waals surface area contributed by atoms with Gasteiger partial charge in [0.25, 0.3) is 0 Å². The van der Waals surface area contributed by atoms with E-state index in [1.807, 2.05) is 36.4 Å². The number of fused-ring (bicyclic) bond motifs is 8. The van der Waals surface area contributed by atoms with Gasteiger partial charge in [-0.1, -0.05) is 93.6 Å². The summed E-state index contributed by atoms with van der Waals surface area (Å²) in [7, 11) is 0. The second kappa shape index (κ2) is 9.33. The van der Waals surface area contributed by atoms with Crippen LogP contribution in [0.1, 0.15) is 31.9 Å². The fraction of sp³-hybridized carbons (Fsp3) is 0.100. The summed E-state index contributed by atoms with van der Waals surface area (Å²) >= 11 is 0. The van der Waals surface area contributed by atoms with Crippen molar-refractivity contribution < 1.29 is 0 Å². The molecule has 0 aliphatic rings. The van der Waals surface area contributed by atoms with E-state index in [0.29, 0.717) is 22.6 Å². The van der Waals surface area contributed by atoms with Gasteiger partial charge in [-0.15, -0.1) is 0 Å². The van der Waals surface area contributed by atoms with Crippen LogP contribution in [0.15, 0.2) is 115 Å². The van der Waals surface area contributed by atoms with Gasteiger partial charge in [0.2, 0.25) is 5.69 Å². The van der Waals surface area contributed by atoms with Crippen molar-refractivity contribution in [3.8, 4) is 17.4 Å². The summed E-state index contributed by atoms with van der Waals surface area (Å²) in [6, 6.07) is 42.2. The molecule has 0 unspecified atom stereocenters. The molecule has 0 N–H and O–H groups in total. The van der Waals surface area contributed by atoms with Gasteiger partial charge in [-0.3, -0.25) is 0 Å². The Morgan fingerprint density at radius 2 is 1.20 bits per heavy atom. The molecule has 0 amide bonds. The van der Waals surface area contributed by atoms with E-state index in [0.717, 1.165) is 43.6 Å². The molecule has 8 rings (SSSR count). The Morgan fingerprint density at radius 3 is 1.86 bits per heavy atom. The summed E-state index contributed by atoms with van der Waals surface area (Å²) in [5.74, 6) is 0. The topological polar surface area (TPSA) is 38.0 Å². The highest BCUT2D eigenvalue weighted by atomic mass is 15.0. The molecule has 0 radical (unpaired) electrons. The van der Waals surface area contributed by atoms with Gasteiger partial charge in [-0.25, -0.2) is 4.85 Å². The lowest BCUT2D eigenvalue weighted by atomic mass is 9.86. The van der Waals surface area contributed by atoms with Crippen molar-refractivity contribution in [1.82, 2.24) is 9.13 Å². The van der Waals surface area contributed by atoms with Crippen LogP contribution < -0.4 is 0 Å². The standard InChI is InChI=1S/C40H28N4/c1-40(2,3)27-18-20-35-31(22-27)39-28-12-6-5-11-25(28)17-19-36(39)44(35)37-23-32(42-4)38(21-26(37)24-41)43-33-15-9-7-13-29(33)30-14-8-10-16-34(30)43/h5-23H,1-3H3. The van der Waals surface area contributed by atoms with Crippen LogP contribution in [0.4, 0.5) is 5.69 Å². The fourth-order valence-electron chi connectivity index (χ4n) is 6.81. The summed E-state index contributed by atoms with van der Waals surface area (Å²) in [6.45, 7) is 15.0. The fourth-order valence-corrected chi connectivity index (χ4v) is 6.81. The van der Waals surface area contributed by atoms with Crippen molar-refractivity contribution in [2.45, 2.75) is 26.2 Å². The first kappa shape index (κ1) is 25.8. The minimum atomic E-state index is -0.0216. The molecule has 208 valence electrons. The maximum Gasteiger partial charge on any atom is 0.212 e. The number of nitriles is 1. The van der Waals surface area contributed by atoms with Gasteiger partial charge in [0.1, 0.15) is 6.07 Å². The van der Waals surface area contributed by atoms with E-state index in [-0.39, 0.29) is 5.41 Å². The average Bonchev–Trinajstić information content (AvgIpc) is 3.56. The lowest BCUT2D eigenvalue weighted by molar-refractivity contribution is 0.591. The zero-order chi connectivity index (χ0) is 30.2. The number of rotatable bonds is 2. The number of para-hydroxylation sites is 2. The van der Waals surface area contributed by atoms with Crippen LogP contribution in [0.25, 0.3) is 70.6 Å². The highest BCUT2D eigenvalue weighted by Gasteiger charge is 2.23. The lowest BCUT2D eigenvalue weighted by Crippen LogP contribution is -2.10. The molecule has 0 atom stereocenters. The molecule has 4 nitrogen and oxygen atoms in total. The molecule has 0 saturated carbocycles. The van der Waals surface area contributed by atoms with Gasteiger partial charge in [0.15, 0.2) is 0 Å². The van der Waals surface area contributed by atoms with E-state index in [2.05, 4.69) is 120 Å². The summed E-state index contributed by atoms with van der Waals surface area (Å²) < 4.78 is 4.30. The molecule has 0 fully saturated rings. The average molecular weight is 565 g/mol. The molecule has 6 aromatic carbocycles. The van der Waals surface area contributed by atoms with Crippen LogP contribution in [0.3, 0.4) is 0 Å². The van der Waals surface area contributed by atoms with Crippen LogP contribution in [0, 0.1) is 17.9 Å². The number of nitrogens with zero attached hydrogens (tertiary/aromatic N) is 4. The third-order valence-corrected chi connectivity index (χ3v) is 8.92. The lowest BCUT2D eigenvalue weighted by Gasteiger charge is -2.19. The Morgan fingerprint density at radius 1 is 0.614 bits per heavy atom. The molecular weight excluding hydrogens is 536 g/mol. The second-order valence-electron chi connectivity index (χ2n) is 12.4. The summed E-state index contributed by atoms with van der Waals surface area (Å²) in [6.07, 6.45) is 0. The van der Waals surface area contributed by atoms with Gasteiger partial charge in [0.05, 0.1) is 45.6 Å². The maximum atomic E-state index is 10.6. The van der Waals surface area contributed by atoms with Gasteiger partial charge in [0, 0.05) is 21.5 Å². The highest BCUT2D eigenvalue weighted by molar-refractivity contribution is 6.21. The first-order valence-electron chi connectivity index (χ1n) is 14.8. The van der Waals surface area contributed by atoms with Gasteiger partial charge >= 0.3 is 0 Å². The number of aromatic nitrogens is 2. The minimum absolute atomic E-state index is 0.0216. The Balaban J connectivity index is 1.49.